The molecular formula is C13H12FN3S2. The zero-order valence-electron chi connectivity index (χ0n) is 10.3. The second-order valence-electron chi connectivity index (χ2n) is 4.26. The van der Waals surface area contributed by atoms with E-state index in [4.69, 9.17) is 12.2 Å². The average molecular weight is 293 g/mol. The largest absolute Gasteiger partial charge is 0.330 e. The van der Waals surface area contributed by atoms with E-state index >= 15 is 0 Å². The van der Waals surface area contributed by atoms with Crippen molar-refractivity contribution < 1.29 is 4.39 Å². The Labute approximate surface area is 118 Å². The quantitative estimate of drug-likeness (QED) is 0.731. The van der Waals surface area contributed by atoms with Crippen LogP contribution in [0.4, 0.5) is 4.39 Å². The lowest BCUT2D eigenvalue weighted by molar-refractivity contribution is 0.571. The Hall–Kier alpha value is -1.53. The van der Waals surface area contributed by atoms with Gasteiger partial charge in [-0.3, -0.25) is 0 Å². The molecule has 1 aromatic carbocycles. The fourth-order valence-corrected chi connectivity index (χ4v) is 3.43. The van der Waals surface area contributed by atoms with Gasteiger partial charge in [0.2, 0.25) is 0 Å². The molecule has 3 aromatic rings. The summed E-state index contributed by atoms with van der Waals surface area (Å²) < 4.78 is 15.9. The minimum atomic E-state index is -0.266. The first-order valence-corrected chi connectivity index (χ1v) is 7.28. The van der Waals surface area contributed by atoms with Crippen molar-refractivity contribution in [2.75, 3.05) is 0 Å². The highest BCUT2D eigenvalue weighted by Gasteiger charge is 2.18. The van der Waals surface area contributed by atoms with Crippen LogP contribution < -0.4 is 0 Å². The highest BCUT2D eigenvalue weighted by Crippen LogP contribution is 2.28. The summed E-state index contributed by atoms with van der Waals surface area (Å²) in [4.78, 5) is 7.43. The Bertz CT molecular complexity index is 758. The minimum Gasteiger partial charge on any atom is -0.330 e. The maximum Gasteiger partial charge on any atom is 0.178 e. The van der Waals surface area contributed by atoms with Gasteiger partial charge in [0.25, 0.3) is 0 Å². The number of nitrogens with zero attached hydrogens (tertiary/aromatic N) is 2. The number of hydrogen-bond acceptors (Lipinski definition) is 3. The molecule has 1 atom stereocenters. The van der Waals surface area contributed by atoms with Gasteiger partial charge in [0.05, 0.1) is 17.1 Å². The summed E-state index contributed by atoms with van der Waals surface area (Å²) in [5.41, 5.74) is 1.63. The van der Waals surface area contributed by atoms with Crippen LogP contribution in [-0.2, 0) is 0 Å². The van der Waals surface area contributed by atoms with Gasteiger partial charge in [0.1, 0.15) is 10.8 Å². The Morgan fingerprint density at radius 1 is 1.53 bits per heavy atom. The number of rotatable bonds is 3. The number of aromatic nitrogens is 3. The van der Waals surface area contributed by atoms with Gasteiger partial charge in [-0.15, -0.1) is 11.3 Å². The van der Waals surface area contributed by atoms with Gasteiger partial charge in [-0.1, -0.05) is 6.92 Å². The summed E-state index contributed by atoms with van der Waals surface area (Å²) in [6.07, 6.45) is 2.67. The lowest BCUT2D eigenvalue weighted by atomic mass is 10.2. The molecule has 0 amide bonds. The number of benzene rings is 1. The fraction of sp³-hybridized carbons (Fsp3) is 0.231. The van der Waals surface area contributed by atoms with Gasteiger partial charge < -0.3 is 9.55 Å². The number of imidazole rings is 1. The monoisotopic (exact) mass is 293 g/mol. The second kappa shape index (κ2) is 4.86. The molecule has 2 heterocycles. The molecule has 3 rings (SSSR count). The molecule has 0 aliphatic heterocycles. The number of hydrogen-bond donors (Lipinski definition) is 1. The van der Waals surface area contributed by atoms with Crippen LogP contribution in [0.2, 0.25) is 0 Å². The molecule has 19 heavy (non-hydrogen) atoms. The Balaban J connectivity index is 2.24. The van der Waals surface area contributed by atoms with Crippen molar-refractivity contribution in [1.29, 1.82) is 0 Å². The van der Waals surface area contributed by atoms with Crippen molar-refractivity contribution in [1.82, 2.24) is 14.5 Å². The molecule has 0 saturated carbocycles. The Kier molecular flexibility index (Phi) is 3.20. The predicted octanol–water partition coefficient (Wildman–Crippen LogP) is 4.29. The van der Waals surface area contributed by atoms with Crippen LogP contribution in [0, 0.1) is 10.6 Å². The highest BCUT2D eigenvalue weighted by molar-refractivity contribution is 7.71. The number of H-pyrrole nitrogens is 1. The summed E-state index contributed by atoms with van der Waals surface area (Å²) in [6.45, 7) is 2.09. The molecule has 0 bridgehead atoms. The standard InChI is InChI=1S/C13H12FN3S2/c1-2-10(12-15-5-6-19-12)17-11-4-3-8(14)7-9(11)16-13(17)18/h3-7,10H,2H2,1H3,(H,16,18). The van der Waals surface area contributed by atoms with E-state index in [9.17, 15) is 4.39 Å². The number of halogens is 1. The van der Waals surface area contributed by atoms with Gasteiger partial charge in [-0.2, -0.15) is 0 Å². The zero-order chi connectivity index (χ0) is 13.4. The van der Waals surface area contributed by atoms with Crippen LogP contribution in [-0.4, -0.2) is 14.5 Å². The van der Waals surface area contributed by atoms with Crippen molar-refractivity contribution in [3.8, 4) is 0 Å². The molecule has 0 radical (unpaired) electrons. The van der Waals surface area contributed by atoms with Crippen LogP contribution in [0.25, 0.3) is 11.0 Å². The molecule has 1 unspecified atom stereocenters. The summed E-state index contributed by atoms with van der Waals surface area (Å²) in [7, 11) is 0. The van der Waals surface area contributed by atoms with Crippen LogP contribution >= 0.6 is 23.6 Å². The van der Waals surface area contributed by atoms with Crippen LogP contribution in [0.3, 0.4) is 0 Å². The van der Waals surface area contributed by atoms with Crippen LogP contribution in [0.1, 0.15) is 24.4 Å². The molecule has 2 aromatic heterocycles. The van der Waals surface area contributed by atoms with Crippen molar-refractivity contribution in [2.45, 2.75) is 19.4 Å². The van der Waals surface area contributed by atoms with Gasteiger partial charge in [-0.05, 0) is 36.8 Å². The molecule has 0 fully saturated rings. The maximum atomic E-state index is 13.3. The van der Waals surface area contributed by atoms with Gasteiger partial charge >= 0.3 is 0 Å². The summed E-state index contributed by atoms with van der Waals surface area (Å²) in [5.74, 6) is -0.266. The molecule has 1 N–H and O–H groups in total. The normalized spacial score (nSPS) is 12.9. The second-order valence-corrected chi connectivity index (χ2v) is 5.57. The smallest absolute Gasteiger partial charge is 0.178 e. The van der Waals surface area contributed by atoms with E-state index in [1.165, 1.54) is 12.1 Å². The van der Waals surface area contributed by atoms with Crippen LogP contribution in [0.5, 0.6) is 0 Å². The number of thiazole rings is 1. The molecule has 0 aliphatic carbocycles. The predicted molar refractivity (Wildman–Crippen MR) is 77.6 cm³/mol. The fourth-order valence-electron chi connectivity index (χ4n) is 2.28. The van der Waals surface area contributed by atoms with Gasteiger partial charge in [0, 0.05) is 11.6 Å². The molecule has 98 valence electrons. The first-order valence-electron chi connectivity index (χ1n) is 6.00. The third kappa shape index (κ3) is 2.11. The topological polar surface area (TPSA) is 33.6 Å². The van der Waals surface area contributed by atoms with Gasteiger partial charge in [0.15, 0.2) is 4.77 Å². The van der Waals surface area contributed by atoms with E-state index in [1.807, 2.05) is 9.95 Å². The number of aromatic amines is 1. The van der Waals surface area contributed by atoms with E-state index in [1.54, 1.807) is 23.6 Å². The van der Waals surface area contributed by atoms with E-state index in [0.717, 1.165) is 22.5 Å². The van der Waals surface area contributed by atoms with Crippen molar-refractivity contribution in [3.05, 3.63) is 45.4 Å². The zero-order valence-corrected chi connectivity index (χ0v) is 11.9. The first kappa shape index (κ1) is 12.5. The van der Waals surface area contributed by atoms with E-state index < -0.39 is 0 Å². The third-order valence-corrected chi connectivity index (χ3v) is 4.29. The Morgan fingerprint density at radius 2 is 2.37 bits per heavy atom. The summed E-state index contributed by atoms with van der Waals surface area (Å²) in [5, 5.41) is 2.97. The van der Waals surface area contributed by atoms with Crippen molar-refractivity contribution in [3.63, 3.8) is 0 Å². The maximum absolute atomic E-state index is 13.3. The van der Waals surface area contributed by atoms with Crippen LogP contribution in [0.15, 0.2) is 29.8 Å². The average Bonchev–Trinajstić information content (AvgIpc) is 2.99. The van der Waals surface area contributed by atoms with E-state index in [-0.39, 0.29) is 11.9 Å². The highest BCUT2D eigenvalue weighted by atomic mass is 32.1. The minimum absolute atomic E-state index is 0.0895. The third-order valence-electron chi connectivity index (χ3n) is 3.11. The number of nitrogens with one attached hydrogen (secondary N) is 1. The number of fused-ring (bicyclic) bond motifs is 1. The Morgan fingerprint density at radius 3 is 3.05 bits per heavy atom. The van der Waals surface area contributed by atoms with Gasteiger partial charge in [-0.25, -0.2) is 9.37 Å². The molecule has 0 aliphatic rings. The molecule has 0 spiro atoms. The lowest BCUT2D eigenvalue weighted by Crippen LogP contribution is -2.09. The molecule has 3 nitrogen and oxygen atoms in total. The summed E-state index contributed by atoms with van der Waals surface area (Å²) >= 11 is 6.98. The first-order chi connectivity index (χ1) is 9.20. The van der Waals surface area contributed by atoms with E-state index in [0.29, 0.717) is 4.77 Å². The molecule has 6 heteroatoms. The SMILES string of the molecule is CCC(c1nccs1)n1c(=S)[nH]c2cc(F)ccc21. The van der Waals surface area contributed by atoms with E-state index in [2.05, 4.69) is 16.9 Å². The van der Waals surface area contributed by atoms with Crippen molar-refractivity contribution >= 4 is 34.6 Å². The lowest BCUT2D eigenvalue weighted by Gasteiger charge is -2.15. The summed E-state index contributed by atoms with van der Waals surface area (Å²) in [6, 6.07) is 4.77. The molecule has 0 saturated heterocycles. The van der Waals surface area contributed by atoms with Crippen molar-refractivity contribution in [2.24, 2.45) is 0 Å². The molecular weight excluding hydrogens is 281 g/mol.